The number of carbonyl (C=O) groups is 1. The number of carbonyl (C=O) groups excluding carboxylic acids is 1. The van der Waals surface area contributed by atoms with E-state index in [0.717, 1.165) is 63.3 Å². The molecule has 1 aliphatic carbocycles. The Kier molecular flexibility index (Phi) is 7.47. The molecule has 154 valence electrons. The Labute approximate surface area is 172 Å². The first-order valence-corrected chi connectivity index (χ1v) is 11.1. The van der Waals surface area contributed by atoms with Gasteiger partial charge < -0.3 is 15.0 Å². The van der Waals surface area contributed by atoms with Crippen LogP contribution in [0, 0.1) is 17.2 Å². The second kappa shape index (κ2) is 9.84. The van der Waals surface area contributed by atoms with E-state index in [1.165, 1.54) is 10.4 Å². The van der Waals surface area contributed by atoms with E-state index in [-0.39, 0.29) is 5.91 Å². The molecule has 2 heterocycles. The minimum Gasteiger partial charge on any atom is -0.383 e. The van der Waals surface area contributed by atoms with Gasteiger partial charge in [-0.25, -0.2) is 0 Å². The molecule has 0 saturated carbocycles. The number of anilines is 1. The number of hydrogen-bond acceptors (Lipinski definition) is 6. The summed E-state index contributed by atoms with van der Waals surface area (Å²) in [7, 11) is 3.82. The standard InChI is InChI=1S/C21H32N4O2S/c1-15-6-7-17-18(12-22)21(28-19(17)11-15)23-20(26)14-25-8-4-5-16(25)13-24(2)9-10-27-3/h15-16H,4-11,13-14H2,1-3H3,(H,23,26)/t15-,16+/m1/s1. The molecule has 6 nitrogen and oxygen atoms in total. The number of ether oxygens (including phenoxy) is 1. The highest BCUT2D eigenvalue weighted by Gasteiger charge is 2.29. The van der Waals surface area contributed by atoms with Gasteiger partial charge >= 0.3 is 0 Å². The number of nitrogens with one attached hydrogen (secondary N) is 1. The van der Waals surface area contributed by atoms with Gasteiger partial charge in [-0.1, -0.05) is 6.92 Å². The molecule has 2 atom stereocenters. The number of nitrogens with zero attached hydrogens (tertiary/aromatic N) is 3. The third-order valence-electron chi connectivity index (χ3n) is 5.92. The van der Waals surface area contributed by atoms with Crippen LogP contribution in [0.25, 0.3) is 0 Å². The van der Waals surface area contributed by atoms with Gasteiger partial charge in [0.2, 0.25) is 5.91 Å². The number of thiophene rings is 1. The molecule has 0 bridgehead atoms. The molecule has 0 aromatic carbocycles. The van der Waals surface area contributed by atoms with Gasteiger partial charge in [-0.2, -0.15) is 5.26 Å². The van der Waals surface area contributed by atoms with Crippen LogP contribution in [-0.4, -0.2) is 68.7 Å². The van der Waals surface area contributed by atoms with E-state index in [1.807, 2.05) is 0 Å². The van der Waals surface area contributed by atoms with Crippen LogP contribution in [0.15, 0.2) is 0 Å². The summed E-state index contributed by atoms with van der Waals surface area (Å²) in [5.41, 5.74) is 1.86. The van der Waals surface area contributed by atoms with Gasteiger partial charge in [-0.05, 0) is 57.2 Å². The highest BCUT2D eigenvalue weighted by Crippen LogP contribution is 2.39. The molecule has 3 rings (SSSR count). The first-order chi connectivity index (χ1) is 13.5. The maximum Gasteiger partial charge on any atom is 0.239 e. The average molecular weight is 405 g/mol. The highest BCUT2D eigenvalue weighted by molar-refractivity contribution is 7.16. The molecule has 1 fully saturated rings. The molecule has 1 amide bonds. The van der Waals surface area contributed by atoms with Crippen LogP contribution in [-0.2, 0) is 22.4 Å². The SMILES string of the molecule is COCCN(C)C[C@@H]1CCCN1CC(=O)Nc1sc2c(c1C#N)CC[C@@H](C)C2. The second-order valence-electron chi connectivity index (χ2n) is 8.24. The zero-order valence-electron chi connectivity index (χ0n) is 17.3. The van der Waals surface area contributed by atoms with Crippen LogP contribution >= 0.6 is 11.3 Å². The van der Waals surface area contributed by atoms with Crippen LogP contribution in [0.1, 0.15) is 42.2 Å². The van der Waals surface area contributed by atoms with Crippen molar-refractivity contribution in [2.75, 3.05) is 52.3 Å². The Hall–Kier alpha value is -1.46. The first-order valence-electron chi connectivity index (χ1n) is 10.3. The Bertz CT molecular complexity index is 727. The maximum absolute atomic E-state index is 12.7. The average Bonchev–Trinajstić information content (AvgIpc) is 3.22. The lowest BCUT2D eigenvalue weighted by Crippen LogP contribution is -2.43. The summed E-state index contributed by atoms with van der Waals surface area (Å²) in [6.45, 7) is 6.18. The number of likely N-dealkylation sites (N-methyl/N-ethyl adjacent to an activating group) is 1. The maximum atomic E-state index is 12.7. The summed E-state index contributed by atoms with van der Waals surface area (Å²) >= 11 is 1.60. The zero-order chi connectivity index (χ0) is 20.1. The van der Waals surface area contributed by atoms with E-state index in [0.29, 0.717) is 24.1 Å². The number of likely N-dealkylation sites (tertiary alicyclic amines) is 1. The van der Waals surface area contributed by atoms with Gasteiger partial charge in [-0.15, -0.1) is 11.3 Å². The van der Waals surface area contributed by atoms with Crippen molar-refractivity contribution in [1.29, 1.82) is 5.26 Å². The Morgan fingerprint density at radius 2 is 2.29 bits per heavy atom. The monoisotopic (exact) mass is 404 g/mol. The number of rotatable bonds is 8. The molecule has 28 heavy (non-hydrogen) atoms. The summed E-state index contributed by atoms with van der Waals surface area (Å²) in [5, 5.41) is 13.4. The van der Waals surface area contributed by atoms with Crippen molar-refractivity contribution in [2.24, 2.45) is 5.92 Å². The Morgan fingerprint density at radius 3 is 3.04 bits per heavy atom. The number of hydrogen-bond donors (Lipinski definition) is 1. The van der Waals surface area contributed by atoms with Crippen LogP contribution in [0.3, 0.4) is 0 Å². The molecule has 7 heteroatoms. The number of amides is 1. The van der Waals surface area contributed by atoms with E-state index in [4.69, 9.17) is 4.74 Å². The summed E-state index contributed by atoms with van der Waals surface area (Å²) in [6, 6.07) is 2.74. The lowest BCUT2D eigenvalue weighted by atomic mass is 9.89. The first kappa shape index (κ1) is 21.3. The predicted molar refractivity (Wildman–Crippen MR) is 113 cm³/mol. The third kappa shape index (κ3) is 5.12. The van der Waals surface area contributed by atoms with Crippen molar-refractivity contribution in [3.05, 3.63) is 16.0 Å². The van der Waals surface area contributed by atoms with Crippen LogP contribution in [0.4, 0.5) is 5.00 Å². The predicted octanol–water partition coefficient (Wildman–Crippen LogP) is 2.73. The van der Waals surface area contributed by atoms with Gasteiger partial charge in [0.15, 0.2) is 0 Å². The molecule has 1 aliphatic heterocycles. The quantitative estimate of drug-likeness (QED) is 0.722. The molecule has 1 aromatic heterocycles. The second-order valence-corrected chi connectivity index (χ2v) is 9.34. The van der Waals surface area contributed by atoms with Crippen molar-refractivity contribution in [3.8, 4) is 6.07 Å². The Balaban J connectivity index is 1.59. The van der Waals surface area contributed by atoms with Crippen molar-refractivity contribution >= 4 is 22.2 Å². The van der Waals surface area contributed by atoms with E-state index >= 15 is 0 Å². The summed E-state index contributed by atoms with van der Waals surface area (Å²) in [5.74, 6) is 0.649. The van der Waals surface area contributed by atoms with Gasteiger partial charge in [0, 0.05) is 31.1 Å². The fourth-order valence-electron chi connectivity index (χ4n) is 4.32. The lowest BCUT2D eigenvalue weighted by Gasteiger charge is -2.28. The minimum atomic E-state index is -0.00501. The highest BCUT2D eigenvalue weighted by atomic mass is 32.1. The van der Waals surface area contributed by atoms with Crippen LogP contribution < -0.4 is 5.32 Å². The van der Waals surface area contributed by atoms with Crippen molar-refractivity contribution in [3.63, 3.8) is 0 Å². The smallest absolute Gasteiger partial charge is 0.239 e. The van der Waals surface area contributed by atoms with E-state index in [2.05, 4.69) is 35.2 Å². The third-order valence-corrected chi connectivity index (χ3v) is 7.09. The van der Waals surface area contributed by atoms with Crippen LogP contribution in [0.2, 0.25) is 0 Å². The van der Waals surface area contributed by atoms with Gasteiger partial charge in [0.05, 0.1) is 18.7 Å². The van der Waals surface area contributed by atoms with Gasteiger partial charge in [-0.3, -0.25) is 9.69 Å². The largest absolute Gasteiger partial charge is 0.383 e. The molecule has 2 aliphatic rings. The molecule has 0 radical (unpaired) electrons. The topological polar surface area (TPSA) is 68.6 Å². The number of fused-ring (bicyclic) bond motifs is 1. The number of methoxy groups -OCH3 is 1. The molecule has 0 unspecified atom stereocenters. The Morgan fingerprint density at radius 1 is 1.46 bits per heavy atom. The zero-order valence-corrected chi connectivity index (χ0v) is 18.1. The van der Waals surface area contributed by atoms with E-state index in [1.54, 1.807) is 18.4 Å². The van der Waals surface area contributed by atoms with E-state index in [9.17, 15) is 10.1 Å². The fraction of sp³-hybridized carbons (Fsp3) is 0.714. The summed E-state index contributed by atoms with van der Waals surface area (Å²) in [6.07, 6.45) is 5.35. The molecule has 1 N–H and O–H groups in total. The summed E-state index contributed by atoms with van der Waals surface area (Å²) < 4.78 is 5.15. The number of nitriles is 1. The van der Waals surface area contributed by atoms with E-state index < -0.39 is 0 Å². The fourth-order valence-corrected chi connectivity index (χ4v) is 5.69. The minimum absolute atomic E-state index is 0.00501. The van der Waals surface area contributed by atoms with Gasteiger partial charge in [0.25, 0.3) is 0 Å². The lowest BCUT2D eigenvalue weighted by molar-refractivity contribution is -0.117. The summed E-state index contributed by atoms with van der Waals surface area (Å²) in [4.78, 5) is 18.6. The van der Waals surface area contributed by atoms with Crippen molar-refractivity contribution in [1.82, 2.24) is 9.80 Å². The molecule has 1 aromatic rings. The van der Waals surface area contributed by atoms with Gasteiger partial charge in [0.1, 0.15) is 11.1 Å². The van der Waals surface area contributed by atoms with Crippen molar-refractivity contribution in [2.45, 2.75) is 45.1 Å². The molecule has 1 saturated heterocycles. The molecule has 0 spiro atoms. The van der Waals surface area contributed by atoms with Crippen molar-refractivity contribution < 1.29 is 9.53 Å². The normalized spacial score (nSPS) is 22.2. The molecular weight excluding hydrogens is 372 g/mol. The molecular formula is C21H32N4O2S. The van der Waals surface area contributed by atoms with Crippen LogP contribution in [0.5, 0.6) is 0 Å².